The second-order valence-electron chi connectivity index (χ2n) is 4.93. The Morgan fingerprint density at radius 2 is 1.90 bits per heavy atom. The van der Waals surface area contributed by atoms with Gasteiger partial charge in [-0.05, 0) is 24.6 Å². The van der Waals surface area contributed by atoms with Crippen LogP contribution in [0.1, 0.15) is 12.5 Å². The minimum absolute atomic E-state index is 0.0480. The summed E-state index contributed by atoms with van der Waals surface area (Å²) in [6.07, 6.45) is 0. The van der Waals surface area contributed by atoms with E-state index in [1.807, 2.05) is 43.3 Å². The second-order valence-corrected chi connectivity index (χ2v) is 4.93. The van der Waals surface area contributed by atoms with Crippen molar-refractivity contribution in [2.24, 2.45) is 0 Å². The number of methoxy groups -OCH3 is 1. The molecule has 20 heavy (non-hydrogen) atoms. The Morgan fingerprint density at radius 3 is 2.50 bits per heavy atom. The standard InChI is InChI=1S/C16H20N2O2/c1-16(11-19,12-6-4-3-5-7-12)18-15-10-13(20-2)8-9-14(15)17/h3-10,18-19H,11,17H2,1-2H3. The van der Waals surface area contributed by atoms with Crippen LogP contribution in [0.5, 0.6) is 5.75 Å². The third kappa shape index (κ3) is 2.86. The van der Waals surface area contributed by atoms with Crippen molar-refractivity contribution < 1.29 is 9.84 Å². The molecule has 1 unspecified atom stereocenters. The number of nitrogen functional groups attached to an aromatic ring is 1. The summed E-state index contributed by atoms with van der Waals surface area (Å²) in [6.45, 7) is 1.88. The Bertz CT molecular complexity index is 572. The first-order chi connectivity index (χ1) is 9.59. The molecular formula is C16H20N2O2. The topological polar surface area (TPSA) is 67.5 Å². The quantitative estimate of drug-likeness (QED) is 0.732. The first kappa shape index (κ1) is 14.2. The van der Waals surface area contributed by atoms with Gasteiger partial charge in [0.15, 0.2) is 0 Å². The summed E-state index contributed by atoms with van der Waals surface area (Å²) in [4.78, 5) is 0. The van der Waals surface area contributed by atoms with E-state index in [1.165, 1.54) is 0 Å². The highest BCUT2D eigenvalue weighted by atomic mass is 16.5. The van der Waals surface area contributed by atoms with Crippen LogP contribution in [0.4, 0.5) is 11.4 Å². The van der Waals surface area contributed by atoms with Crippen LogP contribution in [0.2, 0.25) is 0 Å². The third-order valence-electron chi connectivity index (χ3n) is 3.40. The molecule has 2 aromatic carbocycles. The summed E-state index contributed by atoms with van der Waals surface area (Å²) >= 11 is 0. The van der Waals surface area contributed by atoms with E-state index in [4.69, 9.17) is 10.5 Å². The number of nitrogens with two attached hydrogens (primary N) is 1. The molecule has 4 nitrogen and oxygen atoms in total. The average Bonchev–Trinajstić information content (AvgIpc) is 2.50. The van der Waals surface area contributed by atoms with E-state index in [-0.39, 0.29) is 6.61 Å². The number of ether oxygens (including phenoxy) is 1. The van der Waals surface area contributed by atoms with Crippen LogP contribution in [-0.4, -0.2) is 18.8 Å². The number of aliphatic hydroxyl groups excluding tert-OH is 1. The molecule has 4 N–H and O–H groups in total. The van der Waals surface area contributed by atoms with Gasteiger partial charge >= 0.3 is 0 Å². The highest BCUT2D eigenvalue weighted by molar-refractivity contribution is 5.69. The molecule has 0 aromatic heterocycles. The molecule has 0 saturated carbocycles. The van der Waals surface area contributed by atoms with E-state index in [9.17, 15) is 5.11 Å². The van der Waals surface area contributed by atoms with Crippen molar-refractivity contribution in [3.63, 3.8) is 0 Å². The highest BCUT2D eigenvalue weighted by Crippen LogP contribution is 2.31. The lowest BCUT2D eigenvalue weighted by atomic mass is 9.92. The number of anilines is 2. The molecule has 0 spiro atoms. The van der Waals surface area contributed by atoms with Gasteiger partial charge in [-0.2, -0.15) is 0 Å². The third-order valence-corrected chi connectivity index (χ3v) is 3.40. The van der Waals surface area contributed by atoms with Gasteiger partial charge in [-0.15, -0.1) is 0 Å². The van der Waals surface area contributed by atoms with Crippen molar-refractivity contribution in [2.75, 3.05) is 24.8 Å². The van der Waals surface area contributed by atoms with E-state index in [2.05, 4.69) is 5.32 Å². The molecule has 2 rings (SSSR count). The molecule has 0 bridgehead atoms. The first-order valence-corrected chi connectivity index (χ1v) is 6.47. The molecule has 2 aromatic rings. The van der Waals surface area contributed by atoms with Gasteiger partial charge in [0.25, 0.3) is 0 Å². The number of rotatable bonds is 5. The van der Waals surface area contributed by atoms with Gasteiger partial charge in [0.05, 0.1) is 30.6 Å². The fourth-order valence-corrected chi connectivity index (χ4v) is 2.08. The minimum Gasteiger partial charge on any atom is -0.497 e. The monoisotopic (exact) mass is 272 g/mol. The molecule has 1 atom stereocenters. The van der Waals surface area contributed by atoms with Crippen molar-refractivity contribution in [2.45, 2.75) is 12.5 Å². The number of hydrogen-bond donors (Lipinski definition) is 3. The summed E-state index contributed by atoms with van der Waals surface area (Å²) in [5, 5.41) is 13.1. The molecular weight excluding hydrogens is 252 g/mol. The van der Waals surface area contributed by atoms with Crippen LogP contribution in [0.15, 0.2) is 48.5 Å². The van der Waals surface area contributed by atoms with Gasteiger partial charge in [-0.3, -0.25) is 0 Å². The van der Waals surface area contributed by atoms with Crippen LogP contribution in [0.25, 0.3) is 0 Å². The molecule has 106 valence electrons. The largest absolute Gasteiger partial charge is 0.497 e. The zero-order chi connectivity index (χ0) is 14.6. The summed E-state index contributed by atoms with van der Waals surface area (Å²) in [5.74, 6) is 0.718. The SMILES string of the molecule is COc1ccc(N)c(NC(C)(CO)c2ccccc2)c1. The Kier molecular flexibility index (Phi) is 4.15. The Morgan fingerprint density at radius 1 is 1.20 bits per heavy atom. The molecule has 0 aliphatic rings. The number of hydrogen-bond acceptors (Lipinski definition) is 4. The molecule has 0 heterocycles. The Hall–Kier alpha value is -2.20. The summed E-state index contributed by atoms with van der Waals surface area (Å²) < 4.78 is 5.21. The molecule has 0 amide bonds. The maximum absolute atomic E-state index is 9.78. The van der Waals surface area contributed by atoms with E-state index in [0.717, 1.165) is 17.0 Å². The van der Waals surface area contributed by atoms with Gasteiger partial charge in [-0.25, -0.2) is 0 Å². The minimum atomic E-state index is -0.609. The predicted octanol–water partition coefficient (Wildman–Crippen LogP) is 2.60. The van der Waals surface area contributed by atoms with Crippen LogP contribution >= 0.6 is 0 Å². The van der Waals surface area contributed by atoms with Crippen LogP contribution in [-0.2, 0) is 5.54 Å². The molecule has 0 aliphatic carbocycles. The Labute approximate surface area is 119 Å². The second kappa shape index (κ2) is 5.84. The summed E-state index contributed by atoms with van der Waals surface area (Å²) in [7, 11) is 1.61. The van der Waals surface area contributed by atoms with E-state index >= 15 is 0 Å². The number of aliphatic hydroxyl groups is 1. The average molecular weight is 272 g/mol. The molecule has 0 radical (unpaired) electrons. The van der Waals surface area contributed by atoms with E-state index in [0.29, 0.717) is 5.69 Å². The maximum Gasteiger partial charge on any atom is 0.121 e. The van der Waals surface area contributed by atoms with Gasteiger partial charge in [0, 0.05) is 6.07 Å². The normalized spacial score (nSPS) is 13.6. The van der Waals surface area contributed by atoms with Gasteiger partial charge in [0.2, 0.25) is 0 Å². The molecule has 0 saturated heterocycles. The van der Waals surface area contributed by atoms with Crippen molar-refractivity contribution in [1.82, 2.24) is 0 Å². The van der Waals surface area contributed by atoms with Gasteiger partial charge in [-0.1, -0.05) is 30.3 Å². The number of nitrogens with one attached hydrogen (secondary N) is 1. The smallest absolute Gasteiger partial charge is 0.121 e. The van der Waals surface area contributed by atoms with Crippen molar-refractivity contribution in [3.05, 3.63) is 54.1 Å². The van der Waals surface area contributed by atoms with Crippen molar-refractivity contribution >= 4 is 11.4 Å². The molecule has 4 heteroatoms. The van der Waals surface area contributed by atoms with Crippen LogP contribution < -0.4 is 15.8 Å². The fraction of sp³-hybridized carbons (Fsp3) is 0.250. The van der Waals surface area contributed by atoms with Crippen LogP contribution in [0, 0.1) is 0 Å². The van der Waals surface area contributed by atoms with Gasteiger partial charge < -0.3 is 20.9 Å². The zero-order valence-electron chi connectivity index (χ0n) is 11.8. The van der Waals surface area contributed by atoms with E-state index in [1.54, 1.807) is 19.2 Å². The van der Waals surface area contributed by atoms with Crippen LogP contribution in [0.3, 0.4) is 0 Å². The van der Waals surface area contributed by atoms with Crippen molar-refractivity contribution in [1.29, 1.82) is 0 Å². The molecule has 0 aliphatic heterocycles. The van der Waals surface area contributed by atoms with E-state index < -0.39 is 5.54 Å². The van der Waals surface area contributed by atoms with Crippen molar-refractivity contribution in [3.8, 4) is 5.75 Å². The predicted molar refractivity (Wildman–Crippen MR) is 81.9 cm³/mol. The lowest BCUT2D eigenvalue weighted by Crippen LogP contribution is -2.36. The zero-order valence-corrected chi connectivity index (χ0v) is 11.8. The Balaban J connectivity index is 2.35. The summed E-state index contributed by atoms with van der Waals surface area (Å²) in [6, 6.07) is 15.2. The number of benzene rings is 2. The highest BCUT2D eigenvalue weighted by Gasteiger charge is 2.26. The maximum atomic E-state index is 9.78. The fourth-order valence-electron chi connectivity index (χ4n) is 2.08. The van der Waals surface area contributed by atoms with Gasteiger partial charge in [0.1, 0.15) is 5.75 Å². The molecule has 0 fully saturated rings. The summed E-state index contributed by atoms with van der Waals surface area (Å²) in [5.41, 5.74) is 7.72. The lowest BCUT2D eigenvalue weighted by molar-refractivity contribution is 0.224. The first-order valence-electron chi connectivity index (χ1n) is 6.47. The lowest BCUT2D eigenvalue weighted by Gasteiger charge is -2.31.